The molecule has 0 aliphatic heterocycles. The summed E-state index contributed by atoms with van der Waals surface area (Å²) in [7, 11) is 0. The van der Waals surface area contributed by atoms with Crippen LogP contribution < -0.4 is 0 Å². The minimum absolute atomic E-state index is 0.129. The number of allylic oxidation sites excluding steroid dienone is 1. The van der Waals surface area contributed by atoms with Crippen LogP contribution in [0.25, 0.3) is 6.08 Å². The van der Waals surface area contributed by atoms with Crippen LogP contribution in [0, 0.1) is 0 Å². The Balaban J connectivity index is 2.88. The molecule has 0 aliphatic carbocycles. The van der Waals surface area contributed by atoms with E-state index in [1.165, 1.54) is 5.56 Å². The zero-order valence-electron chi connectivity index (χ0n) is 9.00. The predicted molar refractivity (Wildman–Crippen MR) is 60.2 cm³/mol. The number of carbonyl (C=O) groups excluding carboxylic acids is 1. The third-order valence-corrected chi connectivity index (χ3v) is 2.33. The van der Waals surface area contributed by atoms with Gasteiger partial charge in [0, 0.05) is 0 Å². The summed E-state index contributed by atoms with van der Waals surface area (Å²) in [5.41, 5.74) is 3.21. The van der Waals surface area contributed by atoms with Crippen LogP contribution in [0.1, 0.15) is 31.9 Å². The summed E-state index contributed by atoms with van der Waals surface area (Å²) in [6.07, 6.45) is 2.97. The van der Waals surface area contributed by atoms with Crippen LogP contribution in [0.5, 0.6) is 0 Å². The fourth-order valence-corrected chi connectivity index (χ4v) is 1.20. The molecule has 0 N–H and O–H groups in total. The predicted octanol–water partition coefficient (Wildman–Crippen LogP) is 3.24. The second kappa shape index (κ2) is 4.75. The van der Waals surface area contributed by atoms with Gasteiger partial charge in [0.2, 0.25) is 0 Å². The van der Waals surface area contributed by atoms with Crippen molar-refractivity contribution in [1.29, 1.82) is 0 Å². The first-order chi connectivity index (χ1) is 6.63. The second-order valence-electron chi connectivity index (χ2n) is 3.48. The van der Waals surface area contributed by atoms with E-state index in [2.05, 4.69) is 19.1 Å². The molecule has 0 amide bonds. The molecule has 0 aromatic heterocycles. The van der Waals surface area contributed by atoms with Crippen molar-refractivity contribution in [3.63, 3.8) is 0 Å². The van der Waals surface area contributed by atoms with E-state index in [4.69, 9.17) is 0 Å². The maximum absolute atomic E-state index is 11.0. The third-order valence-electron chi connectivity index (χ3n) is 2.33. The average molecular weight is 188 g/mol. The van der Waals surface area contributed by atoms with Crippen LogP contribution in [0.3, 0.4) is 0 Å². The number of carbonyl (C=O) groups is 1. The highest BCUT2D eigenvalue weighted by Crippen LogP contribution is 2.09. The molecule has 74 valence electrons. The van der Waals surface area contributed by atoms with Crippen molar-refractivity contribution in [1.82, 2.24) is 0 Å². The Labute approximate surface area is 85.5 Å². The maximum atomic E-state index is 11.0. The van der Waals surface area contributed by atoms with Crippen LogP contribution in [0.2, 0.25) is 0 Å². The highest BCUT2D eigenvalue weighted by molar-refractivity contribution is 5.97. The average Bonchev–Trinajstić information content (AvgIpc) is 2.19. The van der Waals surface area contributed by atoms with E-state index in [0.29, 0.717) is 0 Å². The van der Waals surface area contributed by atoms with Crippen molar-refractivity contribution in [2.45, 2.75) is 27.2 Å². The summed E-state index contributed by atoms with van der Waals surface area (Å²) in [4.78, 5) is 11.0. The SMILES string of the molecule is CCc1ccc(/C=C(/C)C(C)=O)cc1. The van der Waals surface area contributed by atoms with Gasteiger partial charge in [-0.15, -0.1) is 0 Å². The van der Waals surface area contributed by atoms with E-state index in [-0.39, 0.29) is 5.78 Å². The van der Waals surface area contributed by atoms with Crippen LogP contribution in [-0.2, 0) is 11.2 Å². The largest absolute Gasteiger partial charge is 0.295 e. The van der Waals surface area contributed by atoms with Crippen molar-refractivity contribution in [3.05, 3.63) is 41.0 Å². The first kappa shape index (κ1) is 10.7. The smallest absolute Gasteiger partial charge is 0.155 e. The van der Waals surface area contributed by atoms with Crippen molar-refractivity contribution in [2.75, 3.05) is 0 Å². The number of rotatable bonds is 3. The minimum Gasteiger partial charge on any atom is -0.295 e. The van der Waals surface area contributed by atoms with E-state index in [1.54, 1.807) is 6.92 Å². The Morgan fingerprint density at radius 2 is 1.79 bits per heavy atom. The van der Waals surface area contributed by atoms with Crippen LogP contribution in [-0.4, -0.2) is 5.78 Å². The summed E-state index contributed by atoms with van der Waals surface area (Å²) in [6.45, 7) is 5.56. The molecular weight excluding hydrogens is 172 g/mol. The molecule has 1 heteroatoms. The normalized spacial score (nSPS) is 11.5. The molecule has 0 aliphatic rings. The standard InChI is InChI=1S/C13H16O/c1-4-12-5-7-13(8-6-12)9-10(2)11(3)14/h5-9H,4H2,1-3H3/b10-9-. The zero-order chi connectivity index (χ0) is 10.6. The molecule has 1 rings (SSSR count). The lowest BCUT2D eigenvalue weighted by Crippen LogP contribution is -1.90. The van der Waals surface area contributed by atoms with Crippen LogP contribution in [0.4, 0.5) is 0 Å². The van der Waals surface area contributed by atoms with Gasteiger partial charge >= 0.3 is 0 Å². The number of aryl methyl sites for hydroxylation is 1. The number of hydrogen-bond donors (Lipinski definition) is 0. The lowest BCUT2D eigenvalue weighted by molar-refractivity contribution is -0.113. The first-order valence-corrected chi connectivity index (χ1v) is 4.91. The second-order valence-corrected chi connectivity index (χ2v) is 3.48. The van der Waals surface area contributed by atoms with Crippen LogP contribution in [0.15, 0.2) is 29.8 Å². The van der Waals surface area contributed by atoms with E-state index in [0.717, 1.165) is 17.6 Å². The Morgan fingerprint density at radius 1 is 1.21 bits per heavy atom. The van der Waals surface area contributed by atoms with E-state index in [9.17, 15) is 4.79 Å². The molecule has 1 nitrogen and oxygen atoms in total. The van der Waals surface area contributed by atoms with Crippen molar-refractivity contribution < 1.29 is 4.79 Å². The fraction of sp³-hybridized carbons (Fsp3) is 0.308. The van der Waals surface area contributed by atoms with Gasteiger partial charge in [0.25, 0.3) is 0 Å². The summed E-state index contributed by atoms with van der Waals surface area (Å²) in [5.74, 6) is 0.129. The molecule has 1 aromatic carbocycles. The monoisotopic (exact) mass is 188 g/mol. The summed E-state index contributed by atoms with van der Waals surface area (Å²) < 4.78 is 0. The summed E-state index contributed by atoms with van der Waals surface area (Å²) >= 11 is 0. The molecule has 0 bridgehead atoms. The van der Waals surface area contributed by atoms with Gasteiger partial charge in [0.15, 0.2) is 5.78 Å². The Hall–Kier alpha value is -1.37. The van der Waals surface area contributed by atoms with E-state index >= 15 is 0 Å². The molecule has 0 spiro atoms. The number of ketones is 1. The van der Waals surface area contributed by atoms with Gasteiger partial charge in [-0.3, -0.25) is 4.79 Å². The molecule has 0 fully saturated rings. The van der Waals surface area contributed by atoms with Crippen molar-refractivity contribution >= 4 is 11.9 Å². The Kier molecular flexibility index (Phi) is 3.63. The molecule has 0 saturated carbocycles. The molecule has 0 radical (unpaired) electrons. The Bertz CT molecular complexity index is 344. The number of hydrogen-bond acceptors (Lipinski definition) is 1. The number of Topliss-reactive ketones (excluding diaryl/α,β-unsaturated/α-hetero) is 1. The zero-order valence-corrected chi connectivity index (χ0v) is 9.00. The summed E-state index contributed by atoms with van der Waals surface area (Å²) in [5, 5.41) is 0. The molecular formula is C13H16O. The van der Waals surface area contributed by atoms with Gasteiger partial charge < -0.3 is 0 Å². The van der Waals surface area contributed by atoms with Crippen molar-refractivity contribution in [3.8, 4) is 0 Å². The van der Waals surface area contributed by atoms with Crippen molar-refractivity contribution in [2.24, 2.45) is 0 Å². The van der Waals surface area contributed by atoms with Gasteiger partial charge in [0.1, 0.15) is 0 Å². The first-order valence-electron chi connectivity index (χ1n) is 4.91. The molecule has 1 aromatic rings. The lowest BCUT2D eigenvalue weighted by Gasteiger charge is -1.99. The van der Waals surface area contributed by atoms with Gasteiger partial charge in [-0.05, 0) is 43.0 Å². The molecule has 0 unspecified atom stereocenters. The topological polar surface area (TPSA) is 17.1 Å². The number of benzene rings is 1. The van der Waals surface area contributed by atoms with Gasteiger partial charge in [0.05, 0.1) is 0 Å². The highest BCUT2D eigenvalue weighted by Gasteiger charge is 1.96. The van der Waals surface area contributed by atoms with E-state index in [1.807, 2.05) is 25.1 Å². The maximum Gasteiger partial charge on any atom is 0.155 e. The molecule has 0 heterocycles. The van der Waals surface area contributed by atoms with Gasteiger partial charge in [-0.25, -0.2) is 0 Å². The summed E-state index contributed by atoms with van der Waals surface area (Å²) in [6, 6.07) is 8.29. The highest BCUT2D eigenvalue weighted by atomic mass is 16.1. The van der Waals surface area contributed by atoms with E-state index < -0.39 is 0 Å². The quantitative estimate of drug-likeness (QED) is 0.665. The fourth-order valence-electron chi connectivity index (χ4n) is 1.20. The molecule has 0 atom stereocenters. The molecule has 0 saturated heterocycles. The molecule has 14 heavy (non-hydrogen) atoms. The van der Waals surface area contributed by atoms with Gasteiger partial charge in [-0.1, -0.05) is 31.2 Å². The van der Waals surface area contributed by atoms with Gasteiger partial charge in [-0.2, -0.15) is 0 Å². The third kappa shape index (κ3) is 2.84. The minimum atomic E-state index is 0.129. The lowest BCUT2D eigenvalue weighted by atomic mass is 10.1. The Morgan fingerprint density at radius 3 is 2.21 bits per heavy atom. The van der Waals surface area contributed by atoms with Crippen LogP contribution >= 0.6 is 0 Å².